The Labute approximate surface area is 188 Å². The van der Waals surface area contributed by atoms with E-state index in [1.54, 1.807) is 6.92 Å². The van der Waals surface area contributed by atoms with Crippen LogP contribution < -0.4 is 11.1 Å². The molecule has 0 heterocycles. The summed E-state index contributed by atoms with van der Waals surface area (Å²) >= 11 is 0. The number of halogens is 1. The smallest absolute Gasteiger partial charge is 0.243 e. The lowest BCUT2D eigenvalue weighted by molar-refractivity contribution is -0.148. The number of aryl methyl sites for hydroxylation is 1. The van der Waals surface area contributed by atoms with Crippen LogP contribution in [-0.2, 0) is 19.6 Å². The van der Waals surface area contributed by atoms with Gasteiger partial charge in [-0.1, -0.05) is 6.07 Å². The van der Waals surface area contributed by atoms with Gasteiger partial charge >= 0.3 is 0 Å². The Balaban J connectivity index is 1.35. The Morgan fingerprint density at radius 2 is 1.78 bits per heavy atom. The zero-order valence-corrected chi connectivity index (χ0v) is 19.3. The molecule has 1 aromatic rings. The van der Waals surface area contributed by atoms with Gasteiger partial charge in [-0.05, 0) is 87.3 Å². The maximum absolute atomic E-state index is 14.0. The fraction of sp³-hybridized carbons (Fsp3) is 0.652. The summed E-state index contributed by atoms with van der Waals surface area (Å²) < 4.78 is 41.5. The molecule has 0 aliphatic heterocycles. The highest BCUT2D eigenvalue weighted by atomic mass is 32.2. The highest BCUT2D eigenvalue weighted by Gasteiger charge is 2.61. The molecule has 0 aromatic heterocycles. The predicted octanol–water partition coefficient (Wildman–Crippen LogP) is 2.08. The van der Waals surface area contributed by atoms with Crippen LogP contribution in [-0.4, -0.2) is 43.2 Å². The molecule has 5 fully saturated rings. The fourth-order valence-corrected chi connectivity index (χ4v) is 8.31. The fourth-order valence-electron chi connectivity index (χ4n) is 6.77. The lowest BCUT2D eigenvalue weighted by atomic mass is 9.47. The van der Waals surface area contributed by atoms with E-state index < -0.39 is 26.8 Å². The molecule has 0 radical (unpaired) electrons. The summed E-state index contributed by atoms with van der Waals surface area (Å²) in [5, 5.41) is 3.17. The van der Waals surface area contributed by atoms with Gasteiger partial charge in [-0.15, -0.1) is 0 Å². The van der Waals surface area contributed by atoms with Gasteiger partial charge in [0.1, 0.15) is 11.4 Å². The first-order chi connectivity index (χ1) is 15.0. The highest BCUT2D eigenvalue weighted by Crippen LogP contribution is 2.60. The Bertz CT molecular complexity index is 1080. The summed E-state index contributed by atoms with van der Waals surface area (Å²) in [7, 11) is -2.63. The van der Waals surface area contributed by atoms with Gasteiger partial charge in [0, 0.05) is 18.5 Å². The molecule has 0 spiro atoms. The van der Waals surface area contributed by atoms with Crippen LogP contribution in [0.4, 0.5) is 4.39 Å². The molecule has 32 heavy (non-hydrogen) atoms. The van der Waals surface area contributed by atoms with Gasteiger partial charge in [-0.2, -0.15) is 4.31 Å². The number of hydrogen-bond donors (Lipinski definition) is 2. The number of carbonyl (C=O) groups is 2. The maximum Gasteiger partial charge on any atom is 0.243 e. The maximum atomic E-state index is 14.0. The van der Waals surface area contributed by atoms with Crippen LogP contribution in [0.3, 0.4) is 0 Å². The summed E-state index contributed by atoms with van der Waals surface area (Å²) in [5.74, 6) is -0.241. The van der Waals surface area contributed by atoms with Crippen LogP contribution in [0.1, 0.15) is 50.5 Å². The van der Waals surface area contributed by atoms with Crippen LogP contribution in [0.25, 0.3) is 0 Å². The molecule has 7 nitrogen and oxygen atoms in total. The molecule has 3 N–H and O–H groups in total. The van der Waals surface area contributed by atoms with Gasteiger partial charge in [-0.3, -0.25) is 9.59 Å². The third-order valence-electron chi connectivity index (χ3n) is 8.64. The number of nitrogens with two attached hydrogens (primary N) is 1. The molecule has 174 valence electrons. The second-order valence-corrected chi connectivity index (χ2v) is 12.5. The SMILES string of the molecule is Cc1ccc(S(=O)(=O)N(C)C2(C(=O)NC3[C@@H]4CC5C[C@H]3CC(C(N)=O)(C5)C4)CC2)cc1F. The molecule has 4 bridgehead atoms. The van der Waals surface area contributed by atoms with Crippen molar-refractivity contribution < 1.29 is 22.4 Å². The van der Waals surface area contributed by atoms with Crippen molar-refractivity contribution in [2.75, 3.05) is 7.05 Å². The molecule has 3 unspecified atom stereocenters. The molecule has 1 aromatic carbocycles. The number of benzene rings is 1. The lowest BCUT2D eigenvalue weighted by Crippen LogP contribution is -2.64. The first-order valence-corrected chi connectivity index (χ1v) is 12.8. The Kier molecular flexibility index (Phi) is 4.77. The molecular weight excluding hydrogens is 433 g/mol. The number of likely N-dealkylation sites (N-methyl/N-ethyl adjacent to an activating group) is 1. The van der Waals surface area contributed by atoms with Crippen molar-refractivity contribution in [3.63, 3.8) is 0 Å². The first-order valence-electron chi connectivity index (χ1n) is 11.3. The van der Waals surface area contributed by atoms with Crippen molar-refractivity contribution in [2.24, 2.45) is 28.9 Å². The Hall–Kier alpha value is -2.00. The van der Waals surface area contributed by atoms with Crippen LogP contribution in [0.2, 0.25) is 0 Å². The standard InChI is InChI=1S/C23H30FN3O4S/c1-13-3-4-17(9-18(13)24)32(30,31)27(2)23(5-6-23)21(29)26-19-15-7-14-8-16(19)12-22(10-14,11-15)20(25)28/h3-4,9,14-16,19H,5-8,10-12H2,1-2H3,(H2,25,28)(H,26,29)/t14?,15-,16+,19?,22?. The van der Waals surface area contributed by atoms with E-state index in [4.69, 9.17) is 5.73 Å². The number of hydrogen-bond acceptors (Lipinski definition) is 4. The normalized spacial score (nSPS) is 34.5. The third kappa shape index (κ3) is 3.11. The molecule has 6 rings (SSSR count). The number of amides is 2. The number of nitrogens with one attached hydrogen (secondary N) is 1. The summed E-state index contributed by atoms with van der Waals surface area (Å²) in [4.78, 5) is 25.4. The van der Waals surface area contributed by atoms with E-state index in [0.29, 0.717) is 37.2 Å². The van der Waals surface area contributed by atoms with E-state index >= 15 is 0 Å². The summed E-state index contributed by atoms with van der Waals surface area (Å²) in [6.07, 6.45) is 5.06. The number of carbonyl (C=O) groups excluding carboxylic acids is 2. The Morgan fingerprint density at radius 1 is 1.16 bits per heavy atom. The quantitative estimate of drug-likeness (QED) is 0.673. The largest absolute Gasteiger partial charge is 0.369 e. The summed E-state index contributed by atoms with van der Waals surface area (Å²) in [6.45, 7) is 1.57. The van der Waals surface area contributed by atoms with Gasteiger partial charge in [0.05, 0.1) is 4.90 Å². The molecule has 5 aliphatic rings. The average molecular weight is 464 g/mol. The van der Waals surface area contributed by atoms with Gasteiger partial charge < -0.3 is 11.1 Å². The van der Waals surface area contributed by atoms with Gasteiger partial charge in [0.25, 0.3) is 0 Å². The van der Waals surface area contributed by atoms with Crippen molar-refractivity contribution in [2.45, 2.75) is 68.3 Å². The highest BCUT2D eigenvalue weighted by molar-refractivity contribution is 7.89. The second-order valence-electron chi connectivity index (χ2n) is 10.5. The second kappa shape index (κ2) is 7.00. The van der Waals surface area contributed by atoms with E-state index in [9.17, 15) is 22.4 Å². The molecule has 5 saturated carbocycles. The van der Waals surface area contributed by atoms with E-state index in [2.05, 4.69) is 5.32 Å². The van der Waals surface area contributed by atoms with Crippen LogP contribution in [0.5, 0.6) is 0 Å². The zero-order valence-electron chi connectivity index (χ0n) is 18.4. The summed E-state index contributed by atoms with van der Waals surface area (Å²) in [6, 6.07) is 3.76. The van der Waals surface area contributed by atoms with Crippen molar-refractivity contribution >= 4 is 21.8 Å². The average Bonchev–Trinajstić information content (AvgIpc) is 3.53. The van der Waals surface area contributed by atoms with Crippen molar-refractivity contribution in [3.05, 3.63) is 29.6 Å². The Morgan fingerprint density at radius 3 is 2.31 bits per heavy atom. The molecule has 0 saturated heterocycles. The summed E-state index contributed by atoms with van der Waals surface area (Å²) in [5.41, 5.74) is 4.53. The predicted molar refractivity (Wildman–Crippen MR) is 115 cm³/mol. The third-order valence-corrected chi connectivity index (χ3v) is 10.6. The zero-order chi connectivity index (χ0) is 23.1. The number of rotatable bonds is 6. The first kappa shape index (κ1) is 21.8. The van der Waals surface area contributed by atoms with Gasteiger partial charge in [0.2, 0.25) is 21.8 Å². The van der Waals surface area contributed by atoms with Crippen molar-refractivity contribution in [1.29, 1.82) is 0 Å². The minimum Gasteiger partial charge on any atom is -0.369 e. The number of primary amides is 1. The topological polar surface area (TPSA) is 110 Å². The lowest BCUT2D eigenvalue weighted by Gasteiger charge is -2.59. The van der Waals surface area contributed by atoms with Crippen LogP contribution in [0.15, 0.2) is 23.1 Å². The minimum atomic E-state index is -4.03. The molecular formula is C23H30FN3O4S. The minimum absolute atomic E-state index is 0.0584. The van der Waals surface area contributed by atoms with Gasteiger partial charge in [0.15, 0.2) is 0 Å². The van der Waals surface area contributed by atoms with Crippen molar-refractivity contribution in [1.82, 2.24) is 9.62 Å². The molecule has 2 amide bonds. The van der Waals surface area contributed by atoms with Crippen LogP contribution in [0, 0.1) is 35.9 Å². The monoisotopic (exact) mass is 463 g/mol. The molecule has 9 heteroatoms. The van der Waals surface area contributed by atoms with E-state index in [1.807, 2.05) is 0 Å². The number of sulfonamides is 1. The number of nitrogens with zero attached hydrogens (tertiary/aromatic N) is 1. The molecule has 5 atom stereocenters. The van der Waals surface area contributed by atoms with Gasteiger partial charge in [-0.25, -0.2) is 12.8 Å². The van der Waals surface area contributed by atoms with E-state index in [1.165, 1.54) is 19.2 Å². The van der Waals surface area contributed by atoms with E-state index in [0.717, 1.165) is 29.6 Å². The molecule has 5 aliphatic carbocycles. The van der Waals surface area contributed by atoms with E-state index in [-0.39, 0.29) is 34.6 Å². The van der Waals surface area contributed by atoms with Crippen molar-refractivity contribution in [3.8, 4) is 0 Å². The van der Waals surface area contributed by atoms with Crippen LogP contribution >= 0.6 is 0 Å².